The van der Waals surface area contributed by atoms with Gasteiger partial charge < -0.3 is 15.9 Å². The lowest BCUT2D eigenvalue weighted by Gasteiger charge is -1.97. The molecule has 104 valence electrons. The van der Waals surface area contributed by atoms with Gasteiger partial charge in [-0.25, -0.2) is 0 Å². The fourth-order valence-corrected chi connectivity index (χ4v) is 2.10. The number of nitrogens with zero attached hydrogens (tertiary/aromatic N) is 3. The third-order valence-electron chi connectivity index (χ3n) is 2.13. The molecule has 0 saturated carbocycles. The van der Waals surface area contributed by atoms with Crippen molar-refractivity contribution in [3.8, 4) is 11.5 Å². The topological polar surface area (TPSA) is 127 Å². The fourth-order valence-electron chi connectivity index (χ4n) is 1.34. The third-order valence-corrected chi connectivity index (χ3v) is 3.22. The van der Waals surface area contributed by atoms with Gasteiger partial charge in [0.25, 0.3) is 0 Å². The van der Waals surface area contributed by atoms with Gasteiger partial charge in [-0.15, -0.1) is 10.2 Å². The van der Waals surface area contributed by atoms with Gasteiger partial charge in [-0.2, -0.15) is 4.99 Å². The van der Waals surface area contributed by atoms with Crippen molar-refractivity contribution in [2.45, 2.75) is 5.75 Å². The van der Waals surface area contributed by atoms with Crippen LogP contribution in [0.3, 0.4) is 0 Å². The van der Waals surface area contributed by atoms with Crippen molar-refractivity contribution < 1.29 is 4.42 Å². The number of nitrogens with one attached hydrogen (secondary N) is 1. The van der Waals surface area contributed by atoms with E-state index in [-0.39, 0.29) is 11.1 Å². The molecule has 2 aromatic rings. The Morgan fingerprint density at radius 1 is 1.35 bits per heavy atom. The number of thioether (sulfide) groups is 1. The van der Waals surface area contributed by atoms with Crippen LogP contribution in [0.5, 0.6) is 0 Å². The first kappa shape index (κ1) is 14.4. The first-order valence-corrected chi connectivity index (χ1v) is 6.81. The van der Waals surface area contributed by atoms with Crippen molar-refractivity contribution in [1.82, 2.24) is 10.2 Å². The number of aliphatic imine (C=N–C) groups is 1. The Balaban J connectivity index is 2.05. The predicted molar refractivity (Wildman–Crippen MR) is 79.6 cm³/mol. The molecule has 0 bridgehead atoms. The van der Waals surface area contributed by atoms with E-state index in [4.69, 9.17) is 32.9 Å². The van der Waals surface area contributed by atoms with E-state index in [9.17, 15) is 0 Å². The van der Waals surface area contributed by atoms with E-state index >= 15 is 0 Å². The maximum atomic E-state index is 7.48. The molecule has 0 aliphatic heterocycles. The molecule has 9 heteroatoms. The second-order valence-electron chi connectivity index (χ2n) is 3.61. The molecule has 0 radical (unpaired) electrons. The van der Waals surface area contributed by atoms with E-state index in [1.165, 1.54) is 0 Å². The van der Waals surface area contributed by atoms with Crippen LogP contribution in [0, 0.1) is 5.41 Å². The van der Waals surface area contributed by atoms with Crippen LogP contribution in [0.4, 0.5) is 0 Å². The van der Waals surface area contributed by atoms with Crippen LogP contribution in [0.2, 0.25) is 5.02 Å². The molecule has 1 aromatic heterocycles. The molecule has 2 rings (SSSR count). The zero-order chi connectivity index (χ0) is 14.5. The summed E-state index contributed by atoms with van der Waals surface area (Å²) in [5, 5.41) is 15.8. The van der Waals surface area contributed by atoms with E-state index in [2.05, 4.69) is 15.2 Å². The minimum atomic E-state index is -0.162. The molecule has 0 aliphatic rings. The predicted octanol–water partition coefficient (Wildman–Crippen LogP) is 1.83. The maximum Gasteiger partial charge on any atom is 0.249 e. The molecule has 5 N–H and O–H groups in total. The van der Waals surface area contributed by atoms with E-state index in [0.717, 1.165) is 11.8 Å². The highest BCUT2D eigenvalue weighted by Crippen LogP contribution is 2.27. The number of rotatable bonds is 3. The summed E-state index contributed by atoms with van der Waals surface area (Å²) in [5.41, 5.74) is 11.0. The summed E-state index contributed by atoms with van der Waals surface area (Å²) in [7, 11) is 0. The van der Waals surface area contributed by atoms with Gasteiger partial charge in [-0.3, -0.25) is 5.41 Å². The van der Waals surface area contributed by atoms with Crippen molar-refractivity contribution >= 4 is 34.5 Å². The highest BCUT2D eigenvalue weighted by molar-refractivity contribution is 8.13. The van der Waals surface area contributed by atoms with Crippen molar-refractivity contribution in [1.29, 1.82) is 5.41 Å². The van der Waals surface area contributed by atoms with Crippen LogP contribution >= 0.6 is 23.4 Å². The van der Waals surface area contributed by atoms with Crippen molar-refractivity contribution in [2.24, 2.45) is 16.5 Å². The third kappa shape index (κ3) is 3.72. The standard InChI is InChI=1S/C11H11ClN6OS/c12-7-4-2-1-3-6(7)9-18-17-8(19-9)5-20-11(15)16-10(13)14/h1-4H,5H2,(H5,13,14,15,16). The van der Waals surface area contributed by atoms with Gasteiger partial charge in [0.05, 0.1) is 16.3 Å². The maximum absolute atomic E-state index is 7.48. The monoisotopic (exact) mass is 310 g/mol. The Morgan fingerprint density at radius 2 is 2.10 bits per heavy atom. The summed E-state index contributed by atoms with van der Waals surface area (Å²) in [6.07, 6.45) is 0. The number of hydrogen-bond acceptors (Lipinski definition) is 5. The Morgan fingerprint density at radius 3 is 2.80 bits per heavy atom. The second-order valence-corrected chi connectivity index (χ2v) is 4.98. The number of aromatic nitrogens is 2. The Kier molecular flexibility index (Phi) is 4.59. The SMILES string of the molecule is N=C(N=C(N)N)SCc1nnc(-c2ccccc2Cl)o1. The average molecular weight is 311 g/mol. The normalized spacial score (nSPS) is 10.2. The van der Waals surface area contributed by atoms with Crippen LogP contribution in [0.25, 0.3) is 11.5 Å². The van der Waals surface area contributed by atoms with Gasteiger partial charge in [-0.1, -0.05) is 35.5 Å². The Labute approximate surface area is 123 Å². The van der Waals surface area contributed by atoms with Crippen LogP contribution in [0.15, 0.2) is 33.7 Å². The van der Waals surface area contributed by atoms with Gasteiger partial charge in [0.2, 0.25) is 11.8 Å². The number of hydrogen-bond donors (Lipinski definition) is 3. The van der Waals surface area contributed by atoms with Gasteiger partial charge in [0, 0.05) is 0 Å². The van der Waals surface area contributed by atoms with Crippen LogP contribution in [-0.2, 0) is 5.75 Å². The molecule has 0 saturated heterocycles. The summed E-state index contributed by atoms with van der Waals surface area (Å²) >= 11 is 7.12. The summed E-state index contributed by atoms with van der Waals surface area (Å²) in [6, 6.07) is 7.17. The lowest BCUT2D eigenvalue weighted by Crippen LogP contribution is -2.23. The van der Waals surface area contributed by atoms with Crippen LogP contribution in [0.1, 0.15) is 5.89 Å². The lowest BCUT2D eigenvalue weighted by atomic mass is 10.2. The van der Waals surface area contributed by atoms with E-state index in [0.29, 0.717) is 28.1 Å². The molecule has 1 aromatic carbocycles. The number of amidine groups is 1. The number of guanidine groups is 1. The molecule has 1 heterocycles. The number of benzene rings is 1. The molecule has 0 unspecified atom stereocenters. The Bertz CT molecular complexity index is 652. The summed E-state index contributed by atoms with van der Waals surface area (Å²) in [6.45, 7) is 0. The fraction of sp³-hybridized carbons (Fsp3) is 0.0909. The smallest absolute Gasteiger partial charge is 0.249 e. The van der Waals surface area contributed by atoms with Gasteiger partial charge in [0.15, 0.2) is 11.1 Å². The van der Waals surface area contributed by atoms with Crippen molar-refractivity contribution in [2.75, 3.05) is 0 Å². The van der Waals surface area contributed by atoms with Crippen molar-refractivity contribution in [3.05, 3.63) is 35.2 Å². The second kappa shape index (κ2) is 6.40. The van der Waals surface area contributed by atoms with Crippen molar-refractivity contribution in [3.63, 3.8) is 0 Å². The van der Waals surface area contributed by atoms with Gasteiger partial charge in [-0.05, 0) is 12.1 Å². The summed E-state index contributed by atoms with van der Waals surface area (Å²) < 4.78 is 5.47. The minimum Gasteiger partial charge on any atom is -0.420 e. The van der Waals surface area contributed by atoms with E-state index in [1.807, 2.05) is 12.1 Å². The molecule has 0 fully saturated rings. The Hall–Kier alpha value is -2.06. The highest BCUT2D eigenvalue weighted by Gasteiger charge is 2.12. The number of nitrogens with two attached hydrogens (primary N) is 2. The quantitative estimate of drug-likeness (QED) is 0.586. The molecule has 7 nitrogen and oxygen atoms in total. The molecule has 0 amide bonds. The largest absolute Gasteiger partial charge is 0.420 e. The molecule has 0 atom stereocenters. The molecular formula is C11H11ClN6OS. The first-order valence-electron chi connectivity index (χ1n) is 5.44. The zero-order valence-corrected chi connectivity index (χ0v) is 11.8. The molecular weight excluding hydrogens is 300 g/mol. The molecule has 0 aliphatic carbocycles. The van der Waals surface area contributed by atoms with Crippen LogP contribution < -0.4 is 11.5 Å². The van der Waals surface area contributed by atoms with Gasteiger partial charge >= 0.3 is 0 Å². The van der Waals surface area contributed by atoms with Gasteiger partial charge in [0.1, 0.15) is 0 Å². The molecule has 0 spiro atoms. The highest BCUT2D eigenvalue weighted by atomic mass is 35.5. The van der Waals surface area contributed by atoms with E-state index in [1.54, 1.807) is 12.1 Å². The summed E-state index contributed by atoms with van der Waals surface area (Å²) in [4.78, 5) is 3.58. The number of halogens is 1. The first-order chi connectivity index (χ1) is 9.56. The molecule has 20 heavy (non-hydrogen) atoms. The van der Waals surface area contributed by atoms with E-state index < -0.39 is 0 Å². The zero-order valence-electron chi connectivity index (χ0n) is 10.2. The minimum absolute atomic E-state index is 0.0255. The van der Waals surface area contributed by atoms with Crippen LogP contribution in [-0.4, -0.2) is 21.3 Å². The average Bonchev–Trinajstić information content (AvgIpc) is 2.85. The summed E-state index contributed by atoms with van der Waals surface area (Å²) in [5.74, 6) is 0.831. The lowest BCUT2D eigenvalue weighted by molar-refractivity contribution is 0.529.